The topological polar surface area (TPSA) is 40.5 Å². The molecule has 1 heterocycles. The molecule has 0 bridgehead atoms. The lowest BCUT2D eigenvalue weighted by molar-refractivity contribution is -0.136. The number of likely N-dealkylation sites (tertiary alicyclic amines) is 1. The van der Waals surface area contributed by atoms with Crippen LogP contribution in [0.4, 0.5) is 0 Å². The van der Waals surface area contributed by atoms with Crippen molar-refractivity contribution in [2.75, 3.05) is 0 Å². The van der Waals surface area contributed by atoms with Crippen LogP contribution in [0, 0.1) is 11.8 Å². The summed E-state index contributed by atoms with van der Waals surface area (Å²) in [6.07, 6.45) is 3.63. The number of rotatable bonds is 2. The molecular formula is C15H19NO2. The third-order valence-electron chi connectivity index (χ3n) is 4.32. The van der Waals surface area contributed by atoms with Gasteiger partial charge in [0.25, 0.3) is 0 Å². The van der Waals surface area contributed by atoms with Crippen LogP contribution in [-0.4, -0.2) is 22.1 Å². The summed E-state index contributed by atoms with van der Waals surface area (Å²) in [5.74, 6) is 0.378. The lowest BCUT2D eigenvalue weighted by Crippen LogP contribution is -2.34. The first-order valence-electron chi connectivity index (χ1n) is 6.80. The van der Waals surface area contributed by atoms with Crippen LogP contribution >= 0.6 is 0 Å². The van der Waals surface area contributed by atoms with Crippen molar-refractivity contribution >= 4 is 5.91 Å². The van der Waals surface area contributed by atoms with E-state index in [-0.39, 0.29) is 17.7 Å². The first kappa shape index (κ1) is 11.7. The van der Waals surface area contributed by atoms with Gasteiger partial charge >= 0.3 is 0 Å². The van der Waals surface area contributed by atoms with Crippen LogP contribution in [0.15, 0.2) is 30.3 Å². The van der Waals surface area contributed by atoms with Crippen molar-refractivity contribution in [3.63, 3.8) is 0 Å². The van der Waals surface area contributed by atoms with Gasteiger partial charge in [-0.2, -0.15) is 0 Å². The summed E-state index contributed by atoms with van der Waals surface area (Å²) in [6.45, 7) is 0.536. The number of carbonyl (C=O) groups is 1. The Bertz CT molecular complexity index is 431. The van der Waals surface area contributed by atoms with Gasteiger partial charge in [-0.25, -0.2) is 0 Å². The lowest BCUT2D eigenvalue weighted by Gasteiger charge is -2.25. The molecule has 1 aliphatic carbocycles. The normalized spacial score (nSPS) is 31.5. The molecule has 0 radical (unpaired) electrons. The Balaban J connectivity index is 1.78. The number of amides is 1. The summed E-state index contributed by atoms with van der Waals surface area (Å²) < 4.78 is 0. The maximum Gasteiger partial charge on any atom is 0.228 e. The van der Waals surface area contributed by atoms with Crippen molar-refractivity contribution in [1.29, 1.82) is 0 Å². The van der Waals surface area contributed by atoms with Gasteiger partial charge in [0, 0.05) is 18.4 Å². The van der Waals surface area contributed by atoms with E-state index in [4.69, 9.17) is 0 Å². The molecule has 0 unspecified atom stereocenters. The average Bonchev–Trinajstić information content (AvgIpc) is 2.66. The molecule has 3 atom stereocenters. The molecule has 0 spiro atoms. The van der Waals surface area contributed by atoms with E-state index in [1.165, 1.54) is 0 Å². The summed E-state index contributed by atoms with van der Waals surface area (Å²) in [5.41, 5.74) is 1.09. The van der Waals surface area contributed by atoms with Gasteiger partial charge in [0.1, 0.15) is 6.23 Å². The summed E-state index contributed by atoms with van der Waals surface area (Å²) in [5, 5.41) is 10.3. The quantitative estimate of drug-likeness (QED) is 0.867. The number of nitrogens with zero attached hydrogens (tertiary/aromatic N) is 1. The molecule has 1 aliphatic heterocycles. The van der Waals surface area contributed by atoms with Crippen molar-refractivity contribution in [3.8, 4) is 0 Å². The van der Waals surface area contributed by atoms with Crippen LogP contribution < -0.4 is 0 Å². The molecule has 2 fully saturated rings. The standard InChI is InChI=1S/C15H19NO2/c17-14-12-8-4-5-9-13(12)15(18)16(14)10-11-6-2-1-3-7-11/h1-3,6-7,12-14,17H,4-5,8-10H2/t12-,13+,14+/m1/s1. The van der Waals surface area contributed by atoms with Gasteiger partial charge in [-0.15, -0.1) is 0 Å². The van der Waals surface area contributed by atoms with Crippen molar-refractivity contribution in [3.05, 3.63) is 35.9 Å². The summed E-state index contributed by atoms with van der Waals surface area (Å²) in [6, 6.07) is 9.90. The smallest absolute Gasteiger partial charge is 0.228 e. The minimum atomic E-state index is -0.581. The average molecular weight is 245 g/mol. The maximum atomic E-state index is 12.3. The molecule has 1 N–H and O–H groups in total. The Hall–Kier alpha value is -1.35. The van der Waals surface area contributed by atoms with Gasteiger partial charge in [0.2, 0.25) is 5.91 Å². The fraction of sp³-hybridized carbons (Fsp3) is 0.533. The fourth-order valence-corrected chi connectivity index (χ4v) is 3.35. The van der Waals surface area contributed by atoms with Gasteiger partial charge in [0.05, 0.1) is 0 Å². The summed E-state index contributed by atoms with van der Waals surface area (Å²) in [4.78, 5) is 14.0. The van der Waals surface area contributed by atoms with E-state index in [0.29, 0.717) is 6.54 Å². The van der Waals surface area contributed by atoms with E-state index in [9.17, 15) is 9.90 Å². The number of fused-ring (bicyclic) bond motifs is 1. The van der Waals surface area contributed by atoms with E-state index < -0.39 is 6.23 Å². The molecular weight excluding hydrogens is 226 g/mol. The van der Waals surface area contributed by atoms with E-state index in [0.717, 1.165) is 31.2 Å². The SMILES string of the molecule is O=C1[C@H]2CCCC[C@H]2[C@H](O)N1Cc1ccccc1. The van der Waals surface area contributed by atoms with Crippen LogP contribution in [0.3, 0.4) is 0 Å². The highest BCUT2D eigenvalue weighted by atomic mass is 16.3. The van der Waals surface area contributed by atoms with Gasteiger partial charge < -0.3 is 10.0 Å². The van der Waals surface area contributed by atoms with E-state index >= 15 is 0 Å². The molecule has 1 amide bonds. The van der Waals surface area contributed by atoms with E-state index in [1.807, 2.05) is 30.3 Å². The van der Waals surface area contributed by atoms with Gasteiger partial charge in [0.15, 0.2) is 0 Å². The van der Waals surface area contributed by atoms with Crippen molar-refractivity contribution in [1.82, 2.24) is 4.90 Å². The fourth-order valence-electron chi connectivity index (χ4n) is 3.35. The van der Waals surface area contributed by atoms with Crippen LogP contribution in [0.25, 0.3) is 0 Å². The highest BCUT2D eigenvalue weighted by Gasteiger charge is 2.47. The monoisotopic (exact) mass is 245 g/mol. The Morgan fingerprint density at radius 3 is 2.61 bits per heavy atom. The molecule has 3 nitrogen and oxygen atoms in total. The number of hydrogen-bond acceptors (Lipinski definition) is 2. The molecule has 3 heteroatoms. The summed E-state index contributed by atoms with van der Waals surface area (Å²) in [7, 11) is 0. The predicted molar refractivity (Wildman–Crippen MR) is 68.4 cm³/mol. The third-order valence-corrected chi connectivity index (χ3v) is 4.32. The van der Waals surface area contributed by atoms with Gasteiger partial charge in [-0.05, 0) is 18.4 Å². The van der Waals surface area contributed by atoms with Gasteiger partial charge in [-0.1, -0.05) is 43.2 Å². The van der Waals surface area contributed by atoms with Crippen molar-refractivity contribution in [2.45, 2.75) is 38.5 Å². The zero-order valence-electron chi connectivity index (χ0n) is 10.5. The van der Waals surface area contributed by atoms with Crippen LogP contribution in [-0.2, 0) is 11.3 Å². The van der Waals surface area contributed by atoms with Crippen LogP contribution in [0.1, 0.15) is 31.2 Å². The highest BCUT2D eigenvalue weighted by Crippen LogP contribution is 2.40. The molecule has 1 aromatic rings. The van der Waals surface area contributed by atoms with Gasteiger partial charge in [-0.3, -0.25) is 4.79 Å². The largest absolute Gasteiger partial charge is 0.373 e. The Morgan fingerprint density at radius 2 is 1.89 bits per heavy atom. The molecule has 0 aromatic heterocycles. The maximum absolute atomic E-state index is 12.3. The minimum Gasteiger partial charge on any atom is -0.373 e. The van der Waals surface area contributed by atoms with Crippen molar-refractivity contribution in [2.24, 2.45) is 11.8 Å². The molecule has 2 aliphatic rings. The number of benzene rings is 1. The lowest BCUT2D eigenvalue weighted by atomic mass is 9.81. The first-order valence-corrected chi connectivity index (χ1v) is 6.80. The predicted octanol–water partition coefficient (Wildman–Crippen LogP) is 2.15. The van der Waals surface area contributed by atoms with Crippen LogP contribution in [0.2, 0.25) is 0 Å². The number of aliphatic hydroxyl groups excluding tert-OH is 1. The molecule has 96 valence electrons. The summed E-state index contributed by atoms with van der Waals surface area (Å²) >= 11 is 0. The van der Waals surface area contributed by atoms with E-state index in [1.54, 1.807) is 4.90 Å². The van der Waals surface area contributed by atoms with Crippen LogP contribution in [0.5, 0.6) is 0 Å². The second kappa shape index (κ2) is 4.73. The van der Waals surface area contributed by atoms with E-state index in [2.05, 4.69) is 0 Å². The Kier molecular flexibility index (Phi) is 3.08. The second-order valence-electron chi connectivity index (χ2n) is 5.42. The zero-order valence-corrected chi connectivity index (χ0v) is 10.5. The number of carbonyl (C=O) groups excluding carboxylic acids is 1. The first-order chi connectivity index (χ1) is 8.77. The Morgan fingerprint density at radius 1 is 1.17 bits per heavy atom. The number of aliphatic hydroxyl groups is 1. The molecule has 1 saturated heterocycles. The number of hydrogen-bond donors (Lipinski definition) is 1. The highest BCUT2D eigenvalue weighted by molar-refractivity contribution is 5.81. The molecule has 1 saturated carbocycles. The molecule has 3 rings (SSSR count). The molecule has 1 aromatic carbocycles. The van der Waals surface area contributed by atoms with Crippen molar-refractivity contribution < 1.29 is 9.90 Å². The Labute approximate surface area is 107 Å². The molecule has 18 heavy (non-hydrogen) atoms. The third kappa shape index (κ3) is 1.93. The minimum absolute atomic E-state index is 0.0671. The zero-order chi connectivity index (χ0) is 12.5. The second-order valence-corrected chi connectivity index (χ2v) is 5.42.